The summed E-state index contributed by atoms with van der Waals surface area (Å²) in [5, 5.41) is 59.1. The van der Waals surface area contributed by atoms with Gasteiger partial charge in [-0.3, -0.25) is 47.9 Å². The van der Waals surface area contributed by atoms with Gasteiger partial charge in [0.2, 0.25) is 47.3 Å². The number of nitrogens with two attached hydrogens (primary N) is 2. The van der Waals surface area contributed by atoms with Crippen LogP contribution in [0, 0.1) is 23.7 Å². The van der Waals surface area contributed by atoms with Crippen LogP contribution in [0.4, 0.5) is 0 Å². The summed E-state index contributed by atoms with van der Waals surface area (Å²) < 4.78 is 0. The van der Waals surface area contributed by atoms with Gasteiger partial charge < -0.3 is 74.4 Å². The van der Waals surface area contributed by atoms with Gasteiger partial charge in [-0.1, -0.05) is 85.7 Å². The number of unbranched alkanes of at least 4 members (excludes halogenated alkanes) is 1. The van der Waals surface area contributed by atoms with E-state index in [9.17, 15) is 68.1 Å². The molecule has 0 unspecified atom stereocenters. The van der Waals surface area contributed by atoms with Crippen molar-refractivity contribution in [1.82, 2.24) is 42.5 Å². The Labute approximate surface area is 444 Å². The highest BCUT2D eigenvalue weighted by molar-refractivity contribution is 5.98. The van der Waals surface area contributed by atoms with Crippen molar-refractivity contribution in [1.29, 1.82) is 0 Å². The Bertz CT molecular complexity index is 2110. The first-order valence-corrected chi connectivity index (χ1v) is 25.7. The zero-order chi connectivity index (χ0) is 58.0. The second-order valence-corrected chi connectivity index (χ2v) is 20.7. The van der Waals surface area contributed by atoms with Gasteiger partial charge in [0, 0.05) is 12.8 Å². The van der Waals surface area contributed by atoms with E-state index in [1.807, 2.05) is 0 Å². The van der Waals surface area contributed by atoms with E-state index in [0.29, 0.717) is 18.4 Å². The third-order valence-corrected chi connectivity index (χ3v) is 11.8. The maximum absolute atomic E-state index is 14.2. The van der Waals surface area contributed by atoms with Crippen molar-refractivity contribution in [3.8, 4) is 0 Å². The summed E-state index contributed by atoms with van der Waals surface area (Å²) in [5.41, 5.74) is 12.1. The Hall–Kier alpha value is -6.73. The summed E-state index contributed by atoms with van der Waals surface area (Å²) in [7, 11) is 0. The third-order valence-electron chi connectivity index (χ3n) is 11.8. The number of amides is 8. The molecule has 16 N–H and O–H groups in total. The Balaban J connectivity index is 3.41. The number of carbonyl (C=O) groups is 11. The lowest BCUT2D eigenvalue weighted by atomic mass is 9.97. The molecule has 25 nitrogen and oxygen atoms in total. The van der Waals surface area contributed by atoms with Crippen LogP contribution in [0.1, 0.15) is 126 Å². The van der Waals surface area contributed by atoms with Gasteiger partial charge in [-0.15, -0.1) is 0 Å². The minimum Gasteiger partial charge on any atom is -0.481 e. The van der Waals surface area contributed by atoms with E-state index in [1.54, 1.807) is 85.7 Å². The fourth-order valence-electron chi connectivity index (χ4n) is 7.78. The van der Waals surface area contributed by atoms with Gasteiger partial charge in [-0.2, -0.15) is 0 Å². The number of carbonyl (C=O) groups excluding carboxylic acids is 8. The highest BCUT2D eigenvalue weighted by atomic mass is 16.4. The van der Waals surface area contributed by atoms with Crippen LogP contribution in [0.2, 0.25) is 0 Å². The molecular weight excluding hydrogens is 993 g/mol. The molecule has 0 aromatic heterocycles. The molecular formula is C51H84N10O15. The summed E-state index contributed by atoms with van der Waals surface area (Å²) in [5.74, 6) is -12.6. The topological polar surface area (TPSA) is 417 Å². The lowest BCUT2D eigenvalue weighted by Gasteiger charge is -2.30. The van der Waals surface area contributed by atoms with Crippen molar-refractivity contribution >= 4 is 65.2 Å². The van der Waals surface area contributed by atoms with E-state index < -0.39 is 144 Å². The highest BCUT2D eigenvalue weighted by Gasteiger charge is 2.37. The monoisotopic (exact) mass is 1080 g/mol. The van der Waals surface area contributed by atoms with Crippen LogP contribution in [-0.2, 0) is 59.2 Å². The number of carboxylic acids is 3. The molecule has 428 valence electrons. The fraction of sp³-hybridized carbons (Fsp3) is 0.667. The first-order chi connectivity index (χ1) is 35.5. The molecule has 10 atom stereocenters. The number of hydrogen-bond donors (Lipinski definition) is 14. The van der Waals surface area contributed by atoms with Gasteiger partial charge in [-0.05, 0) is 87.6 Å². The molecule has 0 saturated heterocycles. The predicted octanol–water partition coefficient (Wildman–Crippen LogP) is -0.837. The molecule has 1 rings (SSSR count). The average molecular weight is 1080 g/mol. The molecule has 0 aliphatic carbocycles. The highest BCUT2D eigenvalue weighted by Crippen LogP contribution is 2.14. The van der Waals surface area contributed by atoms with E-state index in [-0.39, 0.29) is 62.8 Å². The van der Waals surface area contributed by atoms with Crippen LogP contribution in [0.25, 0.3) is 0 Å². The Morgan fingerprint density at radius 3 is 1.32 bits per heavy atom. The zero-order valence-corrected chi connectivity index (χ0v) is 45.2. The number of rotatable bonds is 36. The van der Waals surface area contributed by atoms with Crippen molar-refractivity contribution < 1.29 is 73.2 Å². The molecule has 1 aromatic carbocycles. The normalized spacial score (nSPS) is 15.3. The number of benzene rings is 1. The van der Waals surface area contributed by atoms with Gasteiger partial charge in [0.15, 0.2) is 0 Å². The minimum atomic E-state index is -1.76. The van der Waals surface area contributed by atoms with E-state index in [0.717, 1.165) is 0 Å². The van der Waals surface area contributed by atoms with Crippen LogP contribution in [0.15, 0.2) is 30.3 Å². The second kappa shape index (κ2) is 34.0. The maximum Gasteiger partial charge on any atom is 0.326 e. The van der Waals surface area contributed by atoms with Gasteiger partial charge in [-0.25, -0.2) is 4.79 Å². The van der Waals surface area contributed by atoms with Gasteiger partial charge >= 0.3 is 17.9 Å². The third kappa shape index (κ3) is 25.7. The molecule has 0 spiro atoms. The first kappa shape index (κ1) is 67.3. The molecule has 0 saturated carbocycles. The molecule has 0 heterocycles. The van der Waals surface area contributed by atoms with Crippen LogP contribution in [0.5, 0.6) is 0 Å². The minimum absolute atomic E-state index is 0.0146. The van der Waals surface area contributed by atoms with E-state index in [1.165, 1.54) is 6.92 Å². The van der Waals surface area contributed by atoms with Crippen molar-refractivity contribution in [3.63, 3.8) is 0 Å². The van der Waals surface area contributed by atoms with Crippen LogP contribution in [-0.4, -0.2) is 153 Å². The van der Waals surface area contributed by atoms with Crippen molar-refractivity contribution in [3.05, 3.63) is 35.9 Å². The molecule has 0 radical (unpaired) electrons. The van der Waals surface area contributed by atoms with Crippen LogP contribution >= 0.6 is 0 Å². The Morgan fingerprint density at radius 1 is 0.474 bits per heavy atom. The number of aliphatic hydroxyl groups is 1. The van der Waals surface area contributed by atoms with Crippen molar-refractivity contribution in [2.75, 3.05) is 6.54 Å². The summed E-state index contributed by atoms with van der Waals surface area (Å²) in [6, 6.07) is -4.43. The Kier molecular flexibility index (Phi) is 30.1. The number of hydrogen-bond acceptors (Lipinski definition) is 14. The molecule has 0 aliphatic heterocycles. The summed E-state index contributed by atoms with van der Waals surface area (Å²) >= 11 is 0. The summed E-state index contributed by atoms with van der Waals surface area (Å²) in [6.45, 7) is 15.3. The molecule has 8 amide bonds. The number of carboxylic acid groups (broad SMARTS) is 3. The van der Waals surface area contributed by atoms with Gasteiger partial charge in [0.05, 0.1) is 18.6 Å². The summed E-state index contributed by atoms with van der Waals surface area (Å²) in [4.78, 5) is 145. The molecule has 76 heavy (non-hydrogen) atoms. The largest absolute Gasteiger partial charge is 0.481 e. The fourth-order valence-corrected chi connectivity index (χ4v) is 7.78. The number of nitrogens with one attached hydrogen (secondary N) is 8. The molecule has 1 aromatic rings. The van der Waals surface area contributed by atoms with Gasteiger partial charge in [0.25, 0.3) is 0 Å². The van der Waals surface area contributed by atoms with Crippen LogP contribution < -0.4 is 54.0 Å². The molecule has 0 fully saturated rings. The van der Waals surface area contributed by atoms with Crippen LogP contribution in [0.3, 0.4) is 0 Å². The lowest BCUT2D eigenvalue weighted by molar-refractivity contribution is -0.144. The standard InChI is InChI=1S/C51H84N10O15/c1-26(2)21-34(55-44(68)33(17-13-14-20-52)54-50(74)42(30(9)62)61-43(67)32(53)18-19-39(63)64)45(69)56-36(23-28(5)6)48(72)60-41(29(7)8)49(73)58-35(22-27(3)4)46(70)57-37(25-40(65)66)47(71)59-38(51(75)76)24-31-15-11-10-12-16-31/h10-12,15-16,26-30,32-38,41-42,62H,13-14,17-25,52-53H2,1-9H3,(H,54,74)(H,55,68)(H,56,69)(H,57,70)(H,58,73)(H,59,71)(H,60,72)(H,61,67)(H,63,64)(H,65,66)(H,75,76)/t30-,32+,33+,34+,35+,36+,37+,38+,41+,42+/m1/s1. The molecule has 0 aliphatic rings. The van der Waals surface area contributed by atoms with E-state index in [2.05, 4.69) is 42.5 Å². The zero-order valence-electron chi connectivity index (χ0n) is 45.2. The lowest BCUT2D eigenvalue weighted by Crippen LogP contribution is -2.61. The Morgan fingerprint density at radius 2 is 0.882 bits per heavy atom. The van der Waals surface area contributed by atoms with E-state index >= 15 is 0 Å². The second-order valence-electron chi connectivity index (χ2n) is 20.7. The van der Waals surface area contributed by atoms with Crippen molar-refractivity contribution in [2.45, 2.75) is 187 Å². The van der Waals surface area contributed by atoms with Gasteiger partial charge in [0.1, 0.15) is 48.3 Å². The maximum atomic E-state index is 14.2. The molecule has 0 bridgehead atoms. The quantitative estimate of drug-likeness (QED) is 0.0365. The van der Waals surface area contributed by atoms with E-state index in [4.69, 9.17) is 16.6 Å². The van der Waals surface area contributed by atoms with Crippen molar-refractivity contribution in [2.24, 2.45) is 35.1 Å². The SMILES string of the molecule is CC(C)C[C@H](NC(=O)[C@H](CCCCN)NC(=O)[C@@H](NC(=O)[C@@H](N)CCC(=O)O)[C@@H](C)O)C(=O)N[C@@H](CC(C)C)C(=O)N[C@H](C(=O)N[C@@H](CC(C)C)C(=O)N[C@@H](CC(=O)O)C(=O)N[C@@H](Cc1ccccc1)C(=O)O)C(C)C. The first-order valence-electron chi connectivity index (χ1n) is 25.7. The summed E-state index contributed by atoms with van der Waals surface area (Å²) in [6.07, 6.45) is -2.39. The predicted molar refractivity (Wildman–Crippen MR) is 278 cm³/mol. The number of aliphatic hydroxyl groups excluding tert-OH is 1. The smallest absolute Gasteiger partial charge is 0.326 e. The average Bonchev–Trinajstić information content (AvgIpc) is 3.31. The number of aliphatic carboxylic acids is 3. The molecule has 25 heteroatoms.